The molecule has 3 rings (SSSR count). The van der Waals surface area contributed by atoms with Crippen LogP contribution >= 0.6 is 11.3 Å². The highest BCUT2D eigenvalue weighted by atomic mass is 32.2. The Morgan fingerprint density at radius 3 is 2.67 bits per heavy atom. The van der Waals surface area contributed by atoms with Crippen LogP contribution in [0.1, 0.15) is 19.8 Å². The van der Waals surface area contributed by atoms with Crippen LogP contribution in [0, 0.1) is 0 Å². The van der Waals surface area contributed by atoms with Crippen molar-refractivity contribution in [1.29, 1.82) is 0 Å². The summed E-state index contributed by atoms with van der Waals surface area (Å²) in [5, 5.41) is 11.3. The Bertz CT molecular complexity index is 807. The third-order valence-electron chi connectivity index (χ3n) is 4.67. The van der Waals surface area contributed by atoms with Crippen molar-refractivity contribution in [3.05, 3.63) is 41.8 Å². The van der Waals surface area contributed by atoms with Gasteiger partial charge in [0.1, 0.15) is 9.96 Å². The molecule has 0 bridgehead atoms. The second kappa shape index (κ2) is 9.05. The quantitative estimate of drug-likeness (QED) is 0.677. The van der Waals surface area contributed by atoms with E-state index in [0.717, 1.165) is 18.5 Å². The molecule has 1 N–H and O–H groups in total. The summed E-state index contributed by atoms with van der Waals surface area (Å²) in [5.74, 6) is 0.216. The smallest absolute Gasteiger partial charge is 0.252 e. The molecule has 2 aromatic rings. The van der Waals surface area contributed by atoms with Crippen LogP contribution in [0.25, 0.3) is 0 Å². The molecule has 0 aliphatic carbocycles. The lowest BCUT2D eigenvalue weighted by molar-refractivity contribution is 0.104. The van der Waals surface area contributed by atoms with Crippen LogP contribution < -0.4 is 4.90 Å². The van der Waals surface area contributed by atoms with E-state index < -0.39 is 10.0 Å². The normalized spacial score (nSPS) is 18.7. The molecule has 0 saturated carbocycles. The van der Waals surface area contributed by atoms with Gasteiger partial charge in [-0.1, -0.05) is 19.4 Å². The van der Waals surface area contributed by atoms with E-state index in [2.05, 4.69) is 11.8 Å². The van der Waals surface area contributed by atoms with E-state index in [1.807, 2.05) is 12.1 Å². The minimum Gasteiger partial charge on any atom is -0.508 e. The summed E-state index contributed by atoms with van der Waals surface area (Å²) in [6.45, 7) is 4.64. The van der Waals surface area contributed by atoms with Gasteiger partial charge in [-0.05, 0) is 42.1 Å². The molecule has 148 valence electrons. The Morgan fingerprint density at radius 2 is 2.00 bits per heavy atom. The number of unbranched alkanes of at least 4 members (excludes halogenated alkanes) is 1. The lowest BCUT2D eigenvalue weighted by Crippen LogP contribution is -2.56. The number of thiophene rings is 1. The fraction of sp³-hybridized carbons (Fsp3) is 0.474. The van der Waals surface area contributed by atoms with Crippen molar-refractivity contribution in [1.82, 2.24) is 4.31 Å². The predicted octanol–water partition coefficient (Wildman–Crippen LogP) is 3.15. The second-order valence-corrected chi connectivity index (χ2v) is 9.70. The molecule has 1 saturated heterocycles. The number of piperazine rings is 1. The fourth-order valence-corrected chi connectivity index (χ4v) is 5.79. The van der Waals surface area contributed by atoms with Gasteiger partial charge in [-0.25, -0.2) is 8.42 Å². The number of sulfonamides is 1. The molecular formula is C19H26N2O4S2. The molecule has 8 heteroatoms. The minimum absolute atomic E-state index is 0.0742. The SMILES string of the molecule is CCCCOC[C@@H]1CN(S(=O)(=O)c2cccs2)CCN1c1ccc(O)cc1. The zero-order valence-corrected chi connectivity index (χ0v) is 17.1. The average molecular weight is 411 g/mol. The number of hydrogen-bond acceptors (Lipinski definition) is 6. The maximum Gasteiger partial charge on any atom is 0.252 e. The molecule has 2 heterocycles. The van der Waals surface area contributed by atoms with Gasteiger partial charge in [0.2, 0.25) is 0 Å². The Labute approximate surface area is 165 Å². The zero-order chi connectivity index (χ0) is 19.3. The van der Waals surface area contributed by atoms with Crippen LogP contribution in [0.4, 0.5) is 5.69 Å². The Balaban J connectivity index is 1.77. The number of hydrogen-bond donors (Lipinski definition) is 1. The first kappa shape index (κ1) is 20.1. The van der Waals surface area contributed by atoms with Crippen molar-refractivity contribution in [3.63, 3.8) is 0 Å². The molecule has 1 fully saturated rings. The number of anilines is 1. The summed E-state index contributed by atoms with van der Waals surface area (Å²) in [5.41, 5.74) is 0.963. The topological polar surface area (TPSA) is 70.1 Å². The molecule has 0 spiro atoms. The van der Waals surface area contributed by atoms with E-state index in [-0.39, 0.29) is 11.8 Å². The average Bonchev–Trinajstić information content (AvgIpc) is 3.21. The van der Waals surface area contributed by atoms with E-state index in [4.69, 9.17) is 4.74 Å². The van der Waals surface area contributed by atoms with Gasteiger partial charge in [-0.2, -0.15) is 4.31 Å². The van der Waals surface area contributed by atoms with Gasteiger partial charge in [0.25, 0.3) is 10.0 Å². The fourth-order valence-electron chi connectivity index (χ4n) is 3.18. The van der Waals surface area contributed by atoms with Gasteiger partial charge < -0.3 is 14.7 Å². The molecule has 1 aliphatic heterocycles. The second-order valence-electron chi connectivity index (χ2n) is 6.59. The third kappa shape index (κ3) is 4.82. The number of aromatic hydroxyl groups is 1. The number of benzene rings is 1. The van der Waals surface area contributed by atoms with Crippen molar-refractivity contribution in [2.45, 2.75) is 30.0 Å². The highest BCUT2D eigenvalue weighted by molar-refractivity contribution is 7.91. The molecule has 1 atom stereocenters. The van der Waals surface area contributed by atoms with E-state index >= 15 is 0 Å². The minimum atomic E-state index is -3.47. The number of nitrogens with zero attached hydrogens (tertiary/aromatic N) is 2. The molecule has 1 aliphatic rings. The Morgan fingerprint density at radius 1 is 1.22 bits per heavy atom. The van der Waals surface area contributed by atoms with Crippen LogP contribution in [0.15, 0.2) is 46.0 Å². The first-order chi connectivity index (χ1) is 13.0. The van der Waals surface area contributed by atoms with Gasteiger partial charge in [0.05, 0.1) is 12.6 Å². The molecule has 27 heavy (non-hydrogen) atoms. The highest BCUT2D eigenvalue weighted by Crippen LogP contribution is 2.27. The summed E-state index contributed by atoms with van der Waals surface area (Å²) < 4.78 is 33.6. The van der Waals surface area contributed by atoms with Crippen LogP contribution in [0.2, 0.25) is 0 Å². The Hall–Kier alpha value is -1.61. The standard InChI is InChI=1S/C19H26N2O4S2/c1-2-3-12-25-15-17-14-20(27(23,24)19-5-4-13-26-19)10-11-21(17)16-6-8-18(22)9-7-16/h4-9,13,17,22H,2-3,10-12,14-15H2,1H3/t17-/m0/s1. The first-order valence-corrected chi connectivity index (χ1v) is 11.5. The van der Waals surface area contributed by atoms with Crippen molar-refractivity contribution in [3.8, 4) is 5.75 Å². The molecule has 0 amide bonds. The first-order valence-electron chi connectivity index (χ1n) is 9.19. The van der Waals surface area contributed by atoms with Crippen molar-refractivity contribution in [2.75, 3.05) is 37.7 Å². The van der Waals surface area contributed by atoms with E-state index in [0.29, 0.717) is 37.1 Å². The van der Waals surface area contributed by atoms with Crippen LogP contribution in [0.3, 0.4) is 0 Å². The van der Waals surface area contributed by atoms with Crippen molar-refractivity contribution < 1.29 is 18.3 Å². The predicted molar refractivity (Wildman–Crippen MR) is 108 cm³/mol. The number of ether oxygens (including phenoxy) is 1. The maximum atomic E-state index is 12.9. The summed E-state index contributed by atoms with van der Waals surface area (Å²) in [7, 11) is -3.47. The van der Waals surface area contributed by atoms with Gasteiger partial charge in [0, 0.05) is 31.9 Å². The molecule has 0 unspecified atom stereocenters. The molecule has 1 aromatic heterocycles. The van der Waals surface area contributed by atoms with Crippen LogP contribution in [-0.2, 0) is 14.8 Å². The number of phenols is 1. The molecule has 0 radical (unpaired) electrons. The van der Waals surface area contributed by atoms with Crippen molar-refractivity contribution in [2.24, 2.45) is 0 Å². The lowest BCUT2D eigenvalue weighted by atomic mass is 10.1. The van der Waals surface area contributed by atoms with Crippen LogP contribution in [-0.4, -0.2) is 56.7 Å². The summed E-state index contributed by atoms with van der Waals surface area (Å²) in [4.78, 5) is 2.17. The van der Waals surface area contributed by atoms with E-state index in [1.54, 1.807) is 34.0 Å². The monoisotopic (exact) mass is 410 g/mol. The van der Waals surface area contributed by atoms with Gasteiger partial charge in [0.15, 0.2) is 0 Å². The highest BCUT2D eigenvalue weighted by Gasteiger charge is 2.35. The summed E-state index contributed by atoms with van der Waals surface area (Å²) in [6.07, 6.45) is 2.05. The maximum absolute atomic E-state index is 12.9. The van der Waals surface area contributed by atoms with Crippen molar-refractivity contribution >= 4 is 27.0 Å². The van der Waals surface area contributed by atoms with Gasteiger partial charge in [-0.3, -0.25) is 0 Å². The zero-order valence-electron chi connectivity index (χ0n) is 15.5. The number of rotatable bonds is 8. The lowest BCUT2D eigenvalue weighted by Gasteiger charge is -2.42. The Kier molecular flexibility index (Phi) is 6.75. The molecule has 6 nitrogen and oxygen atoms in total. The molecular weight excluding hydrogens is 384 g/mol. The van der Waals surface area contributed by atoms with E-state index in [1.165, 1.54) is 11.3 Å². The summed E-state index contributed by atoms with van der Waals surface area (Å²) >= 11 is 1.25. The largest absolute Gasteiger partial charge is 0.508 e. The van der Waals surface area contributed by atoms with Gasteiger partial charge >= 0.3 is 0 Å². The summed E-state index contributed by atoms with van der Waals surface area (Å²) in [6, 6.07) is 10.4. The number of phenolic OH excluding ortho intramolecular Hbond substituents is 1. The third-order valence-corrected chi connectivity index (χ3v) is 7.91. The molecule has 1 aromatic carbocycles. The van der Waals surface area contributed by atoms with E-state index in [9.17, 15) is 13.5 Å². The van der Waals surface area contributed by atoms with Crippen LogP contribution in [0.5, 0.6) is 5.75 Å². The van der Waals surface area contributed by atoms with Gasteiger partial charge in [-0.15, -0.1) is 11.3 Å².